The van der Waals surface area contributed by atoms with E-state index in [0.29, 0.717) is 16.2 Å². The Morgan fingerprint density at radius 2 is 1.67 bits per heavy atom. The highest BCUT2D eigenvalue weighted by Gasteiger charge is 2.44. The zero-order valence-corrected chi connectivity index (χ0v) is 27.8. The van der Waals surface area contributed by atoms with Crippen LogP contribution in [0.5, 0.6) is 0 Å². The molecule has 12 heteroatoms. The van der Waals surface area contributed by atoms with Gasteiger partial charge in [-0.15, -0.1) is 12.4 Å². The summed E-state index contributed by atoms with van der Waals surface area (Å²) in [4.78, 5) is 28.2. The Hall–Kier alpha value is -2.47. The van der Waals surface area contributed by atoms with Crippen molar-refractivity contribution in [1.82, 2.24) is 14.9 Å². The van der Waals surface area contributed by atoms with Crippen molar-refractivity contribution in [3.05, 3.63) is 76.3 Å². The summed E-state index contributed by atoms with van der Waals surface area (Å²) in [5, 5.41) is 3.20. The van der Waals surface area contributed by atoms with Crippen LogP contribution in [0.25, 0.3) is 4.91 Å². The molecule has 234 valence electrons. The molecule has 0 saturated carbocycles. The lowest BCUT2D eigenvalue weighted by Crippen LogP contribution is -2.58. The number of nitrogens with two attached hydrogens (primary N) is 1. The maximum absolute atomic E-state index is 13.8. The normalized spacial score (nSPS) is 16.0. The topological polar surface area (TPSA) is 131 Å². The SMILES string of the molecule is CC.CCN(CC1=C(c2ccc(Cl)cc2)S(=O)(=O)NC1(C)C)C(=O)[C@@H](COCc1ccccc1)NC(=O)C(C)(C)N.Cl. The summed E-state index contributed by atoms with van der Waals surface area (Å²) in [6.45, 7) is 12.8. The van der Waals surface area contributed by atoms with Gasteiger partial charge in [0.05, 0.1) is 29.2 Å². The molecule has 0 aliphatic carbocycles. The molecule has 3 rings (SSSR count). The van der Waals surface area contributed by atoms with E-state index >= 15 is 0 Å². The van der Waals surface area contributed by atoms with Crippen molar-refractivity contribution in [3.8, 4) is 0 Å². The molecule has 2 amide bonds. The summed E-state index contributed by atoms with van der Waals surface area (Å²) in [5.74, 6) is -0.919. The molecule has 9 nitrogen and oxygen atoms in total. The van der Waals surface area contributed by atoms with Crippen molar-refractivity contribution in [2.45, 2.75) is 72.2 Å². The molecule has 42 heavy (non-hydrogen) atoms. The molecule has 1 atom stereocenters. The van der Waals surface area contributed by atoms with Gasteiger partial charge in [0.2, 0.25) is 21.8 Å². The smallest absolute Gasteiger partial charge is 0.247 e. The van der Waals surface area contributed by atoms with Crippen LogP contribution in [0.4, 0.5) is 0 Å². The average Bonchev–Trinajstić information content (AvgIpc) is 3.10. The number of nitrogens with zero attached hydrogens (tertiary/aromatic N) is 1. The van der Waals surface area contributed by atoms with Crippen LogP contribution in [0, 0.1) is 0 Å². The van der Waals surface area contributed by atoms with Gasteiger partial charge in [0.25, 0.3) is 0 Å². The Labute approximate surface area is 261 Å². The molecule has 0 unspecified atom stereocenters. The summed E-state index contributed by atoms with van der Waals surface area (Å²) in [5.41, 5.74) is 5.72. The second-order valence-electron chi connectivity index (χ2n) is 10.6. The van der Waals surface area contributed by atoms with Gasteiger partial charge in [-0.1, -0.05) is 67.9 Å². The summed E-state index contributed by atoms with van der Waals surface area (Å²) in [6, 6.07) is 15.0. The molecule has 0 bridgehead atoms. The van der Waals surface area contributed by atoms with Crippen molar-refractivity contribution in [2.75, 3.05) is 19.7 Å². The first kappa shape index (κ1) is 37.6. The molecule has 0 radical (unpaired) electrons. The molecule has 4 N–H and O–H groups in total. The fraction of sp³-hybridized carbons (Fsp3) is 0.467. The third-order valence-corrected chi connectivity index (χ3v) is 8.47. The quantitative estimate of drug-likeness (QED) is 0.331. The van der Waals surface area contributed by atoms with Gasteiger partial charge >= 0.3 is 0 Å². The number of carbonyl (C=O) groups is 2. The van der Waals surface area contributed by atoms with E-state index in [1.54, 1.807) is 58.9 Å². The van der Waals surface area contributed by atoms with Crippen LogP contribution in [0.3, 0.4) is 0 Å². The van der Waals surface area contributed by atoms with Gasteiger partial charge in [-0.3, -0.25) is 9.59 Å². The maximum atomic E-state index is 13.8. The van der Waals surface area contributed by atoms with Gasteiger partial charge in [0.15, 0.2) is 0 Å². The number of amides is 2. The highest BCUT2D eigenvalue weighted by Crippen LogP contribution is 2.38. The van der Waals surface area contributed by atoms with Gasteiger partial charge in [-0.25, -0.2) is 13.1 Å². The van der Waals surface area contributed by atoms with Crippen molar-refractivity contribution in [2.24, 2.45) is 5.73 Å². The van der Waals surface area contributed by atoms with Crippen LogP contribution >= 0.6 is 24.0 Å². The second kappa shape index (κ2) is 15.8. The minimum atomic E-state index is -3.86. The molecule has 0 spiro atoms. The number of hydrogen-bond donors (Lipinski definition) is 3. The monoisotopic (exact) mass is 642 g/mol. The van der Waals surface area contributed by atoms with Crippen LogP contribution in [0.2, 0.25) is 5.02 Å². The van der Waals surface area contributed by atoms with Gasteiger partial charge in [0, 0.05) is 18.1 Å². The number of benzene rings is 2. The van der Waals surface area contributed by atoms with E-state index in [-0.39, 0.29) is 43.6 Å². The van der Waals surface area contributed by atoms with E-state index in [4.69, 9.17) is 22.1 Å². The predicted octanol–water partition coefficient (Wildman–Crippen LogP) is 4.50. The fourth-order valence-electron chi connectivity index (χ4n) is 4.24. The molecule has 1 aliphatic rings. The number of nitrogens with one attached hydrogen (secondary N) is 2. The Bertz CT molecular complexity index is 1330. The largest absolute Gasteiger partial charge is 0.374 e. The first-order valence-electron chi connectivity index (χ1n) is 13.7. The summed E-state index contributed by atoms with van der Waals surface area (Å²) in [7, 11) is -3.86. The lowest BCUT2D eigenvalue weighted by atomic mass is 9.92. The standard InChI is InChI=1S/C28H37ClN4O5S.C2H6.ClH/c1-6-33(16-22-24(20-12-14-21(29)15-13-20)39(36,37)32-28(22,4)5)25(34)23(31-26(35)27(2,3)30)18-38-17-19-10-8-7-9-11-19;1-2;/h7-15,23,32H,6,16-18,30H2,1-5H3,(H,31,35);1-2H3;1H/t23-;;/m1../s1. The van der Waals surface area contributed by atoms with Crippen LogP contribution in [-0.4, -0.2) is 61.9 Å². The highest BCUT2D eigenvalue weighted by atomic mass is 35.5. The van der Waals surface area contributed by atoms with Crippen molar-refractivity contribution in [1.29, 1.82) is 0 Å². The molecule has 2 aromatic rings. The molecule has 1 heterocycles. The summed E-state index contributed by atoms with van der Waals surface area (Å²) >= 11 is 6.03. The van der Waals surface area contributed by atoms with Gasteiger partial charge in [-0.2, -0.15) is 0 Å². The number of likely N-dealkylation sites (N-methyl/N-ethyl adjacent to an activating group) is 1. The number of rotatable bonds is 11. The van der Waals surface area contributed by atoms with E-state index in [1.807, 2.05) is 44.2 Å². The highest BCUT2D eigenvalue weighted by molar-refractivity contribution is 7.99. The summed E-state index contributed by atoms with van der Waals surface area (Å²) < 4.78 is 34.9. The van der Waals surface area contributed by atoms with E-state index in [9.17, 15) is 18.0 Å². The third kappa shape index (κ3) is 9.79. The minimum absolute atomic E-state index is 0. The van der Waals surface area contributed by atoms with Crippen molar-refractivity contribution in [3.63, 3.8) is 0 Å². The van der Waals surface area contributed by atoms with E-state index in [2.05, 4.69) is 10.0 Å². The molecule has 2 aromatic carbocycles. The van der Waals surface area contributed by atoms with Gasteiger partial charge in [0.1, 0.15) is 6.04 Å². The number of sulfonamides is 1. The molecular weight excluding hydrogens is 599 g/mol. The number of carbonyl (C=O) groups excluding carboxylic acids is 2. The Kier molecular flexibility index (Phi) is 14.2. The number of ether oxygens (including phenoxy) is 1. The molecule has 0 aromatic heterocycles. The minimum Gasteiger partial charge on any atom is -0.374 e. The average molecular weight is 644 g/mol. The van der Waals surface area contributed by atoms with Crippen LogP contribution in [0.15, 0.2) is 60.2 Å². The maximum Gasteiger partial charge on any atom is 0.247 e. The van der Waals surface area contributed by atoms with Crippen LogP contribution in [0.1, 0.15) is 59.6 Å². The Morgan fingerprint density at radius 1 is 1.10 bits per heavy atom. The van der Waals surface area contributed by atoms with E-state index in [1.165, 1.54) is 4.90 Å². The molecule has 0 saturated heterocycles. The molecule has 0 fully saturated rings. The third-order valence-electron chi connectivity index (χ3n) is 6.42. The number of hydrogen-bond acceptors (Lipinski definition) is 6. The van der Waals surface area contributed by atoms with Crippen LogP contribution in [-0.2, 0) is 31.0 Å². The predicted molar refractivity (Wildman–Crippen MR) is 172 cm³/mol. The lowest BCUT2D eigenvalue weighted by molar-refractivity contribution is -0.139. The second-order valence-corrected chi connectivity index (χ2v) is 12.7. The van der Waals surface area contributed by atoms with Gasteiger partial charge < -0.3 is 20.7 Å². The van der Waals surface area contributed by atoms with Crippen molar-refractivity contribution < 1.29 is 22.7 Å². The first-order valence-corrected chi connectivity index (χ1v) is 15.6. The van der Waals surface area contributed by atoms with E-state index in [0.717, 1.165) is 5.56 Å². The Balaban J connectivity index is 0.00000288. The lowest BCUT2D eigenvalue weighted by Gasteiger charge is -2.32. The zero-order chi connectivity index (χ0) is 31.0. The molecule has 1 aliphatic heterocycles. The van der Waals surface area contributed by atoms with E-state index < -0.39 is 39.0 Å². The Morgan fingerprint density at radius 3 is 2.19 bits per heavy atom. The van der Waals surface area contributed by atoms with Crippen LogP contribution < -0.4 is 15.8 Å². The first-order chi connectivity index (χ1) is 19.2. The zero-order valence-electron chi connectivity index (χ0n) is 25.4. The molecular formula is C30H44Cl2N4O5S. The van der Waals surface area contributed by atoms with Crippen molar-refractivity contribution >= 4 is 50.8 Å². The summed E-state index contributed by atoms with van der Waals surface area (Å²) in [6.07, 6.45) is 0. The van der Waals surface area contributed by atoms with Gasteiger partial charge in [-0.05, 0) is 63.5 Å². The fourth-order valence-corrected chi connectivity index (χ4v) is 6.35. The number of halogens is 2.